The lowest BCUT2D eigenvalue weighted by Gasteiger charge is -2.18. The topological polar surface area (TPSA) is 100 Å². The first kappa shape index (κ1) is 28.2. The lowest BCUT2D eigenvalue weighted by atomic mass is 9.94. The summed E-state index contributed by atoms with van der Waals surface area (Å²) in [6, 6.07) is 5.15. The van der Waals surface area contributed by atoms with Gasteiger partial charge in [0.05, 0.1) is 11.4 Å². The summed E-state index contributed by atoms with van der Waals surface area (Å²) >= 11 is 1.89. The van der Waals surface area contributed by atoms with E-state index in [2.05, 4.69) is 10.3 Å². The number of anilines is 3. The minimum Gasteiger partial charge on any atom is -0.350 e. The Balaban J connectivity index is 1.81. The van der Waals surface area contributed by atoms with E-state index >= 15 is 13.2 Å². The largest absolute Gasteiger partial charge is 0.350 e. The molecule has 202 valence electrons. The highest BCUT2D eigenvalue weighted by atomic mass is 127. The highest BCUT2D eigenvalue weighted by molar-refractivity contribution is 14.1. The molecule has 1 fully saturated rings. The zero-order valence-electron chi connectivity index (χ0n) is 20.4. The van der Waals surface area contributed by atoms with E-state index in [9.17, 15) is 17.6 Å². The fourth-order valence-electron chi connectivity index (χ4n) is 4.17. The molecule has 1 saturated carbocycles. The van der Waals surface area contributed by atoms with Crippen molar-refractivity contribution < 1.29 is 30.8 Å². The molecule has 13 heteroatoms. The van der Waals surface area contributed by atoms with E-state index in [1.165, 1.54) is 18.3 Å². The first-order chi connectivity index (χ1) is 17.8. The van der Waals surface area contributed by atoms with E-state index in [0.29, 0.717) is 9.13 Å². The van der Waals surface area contributed by atoms with Gasteiger partial charge in [0.25, 0.3) is 10.2 Å². The molecule has 7 nitrogen and oxygen atoms in total. The molecule has 1 heterocycles. The summed E-state index contributed by atoms with van der Waals surface area (Å²) in [6.07, 6.45) is 1.55. The second kappa shape index (κ2) is 10.8. The van der Waals surface area contributed by atoms with E-state index in [1.807, 2.05) is 39.0 Å². The maximum Gasteiger partial charge on any atom is 0.300 e. The Labute approximate surface area is 230 Å². The summed E-state index contributed by atoms with van der Waals surface area (Å²) in [5.74, 6) is -5.68. The van der Waals surface area contributed by atoms with Crippen molar-refractivity contribution in [3.05, 3.63) is 79.6 Å². The second-order valence-corrected chi connectivity index (χ2v) is 11.9. The third-order valence-electron chi connectivity index (χ3n) is 6.38. The van der Waals surface area contributed by atoms with Crippen LogP contribution in [0.5, 0.6) is 0 Å². The number of pyridine rings is 1. The van der Waals surface area contributed by atoms with E-state index in [-0.39, 0.29) is 34.2 Å². The fourth-order valence-corrected chi connectivity index (χ4v) is 5.12. The van der Waals surface area contributed by atoms with Crippen molar-refractivity contribution in [1.82, 2.24) is 9.71 Å². The molecule has 1 aliphatic rings. The highest BCUT2D eigenvalue weighted by Gasteiger charge is 2.37. The van der Waals surface area contributed by atoms with Gasteiger partial charge in [-0.2, -0.15) is 8.42 Å². The van der Waals surface area contributed by atoms with E-state index < -0.39 is 57.2 Å². The normalized spacial score (nSPS) is 16.8. The predicted molar refractivity (Wildman–Crippen MR) is 144 cm³/mol. The van der Waals surface area contributed by atoms with Gasteiger partial charge in [-0.3, -0.25) is 9.52 Å². The maximum atomic E-state index is 15.6. The lowest BCUT2D eigenvalue weighted by Crippen LogP contribution is -2.27. The molecule has 0 radical (unpaired) electrons. The molecule has 3 N–H and O–H groups in total. The number of nitrogens with one attached hydrogen (secondary N) is 3. The third kappa shape index (κ3) is 5.78. The number of aromatic nitrogens is 1. The molecule has 0 aliphatic heterocycles. The molecule has 2 aromatic carbocycles. The maximum absolute atomic E-state index is 15.6. The molecular formula is C25H23F4IN4O3S. The average Bonchev–Trinajstić information content (AvgIpc) is 3.58. The number of hydrogen-bond donors (Lipinski definition) is 3. The summed E-state index contributed by atoms with van der Waals surface area (Å²) in [5, 5.41) is 2.47. The Morgan fingerprint density at radius 2 is 1.82 bits per heavy atom. The van der Waals surface area contributed by atoms with Crippen LogP contribution in [0, 0.1) is 32.8 Å². The fraction of sp³-hybridized carbons (Fsp3) is 0.280. The molecule has 1 unspecified atom stereocenters. The van der Waals surface area contributed by atoms with E-state index in [0.717, 1.165) is 26.5 Å². The number of nitrogens with zero attached hydrogens (tertiary/aromatic N) is 1. The van der Waals surface area contributed by atoms with E-state index in [1.54, 1.807) is 6.07 Å². The van der Waals surface area contributed by atoms with Crippen LogP contribution in [0.15, 0.2) is 30.5 Å². The van der Waals surface area contributed by atoms with Crippen molar-refractivity contribution in [3.63, 3.8) is 0 Å². The Hall–Kier alpha value is -2.78. The van der Waals surface area contributed by atoms with Gasteiger partial charge in [0, 0.05) is 34.4 Å². The van der Waals surface area contributed by atoms with Crippen molar-refractivity contribution >= 4 is 55.8 Å². The van der Waals surface area contributed by atoms with Crippen LogP contribution in [0.2, 0.25) is 0 Å². The summed E-state index contributed by atoms with van der Waals surface area (Å²) in [5.41, 5.74) is -0.930. The quantitative estimate of drug-likeness (QED) is 0.153. The smallest absolute Gasteiger partial charge is 0.300 e. The van der Waals surface area contributed by atoms with Gasteiger partial charge in [0.2, 0.25) is 0 Å². The van der Waals surface area contributed by atoms with Gasteiger partial charge in [-0.25, -0.2) is 27.3 Å². The molecule has 0 amide bonds. The van der Waals surface area contributed by atoms with Gasteiger partial charge in [-0.1, -0.05) is 6.92 Å². The van der Waals surface area contributed by atoms with Gasteiger partial charge in [0.15, 0.2) is 29.1 Å². The number of ketones is 1. The lowest BCUT2D eigenvalue weighted by molar-refractivity contribution is 0.101. The van der Waals surface area contributed by atoms with Gasteiger partial charge in [0.1, 0.15) is 5.82 Å². The van der Waals surface area contributed by atoms with Crippen LogP contribution in [0.1, 0.15) is 53.2 Å². The zero-order valence-corrected chi connectivity index (χ0v) is 23.4. The van der Waals surface area contributed by atoms with Crippen molar-refractivity contribution in [2.45, 2.75) is 32.6 Å². The molecule has 4 rings (SSSR count). The number of hydrogen-bond acceptors (Lipinski definition) is 5. The van der Waals surface area contributed by atoms with Crippen molar-refractivity contribution in [2.75, 3.05) is 17.1 Å². The number of halogens is 5. The minimum atomic E-state index is -4.11. The summed E-state index contributed by atoms with van der Waals surface area (Å²) in [4.78, 5) is 16.3. The first-order valence-electron chi connectivity index (χ1n) is 11.4. The Morgan fingerprint density at radius 3 is 2.39 bits per heavy atom. The van der Waals surface area contributed by atoms with Crippen molar-refractivity contribution in [1.29, 1.82) is 0 Å². The van der Waals surface area contributed by atoms with Crippen LogP contribution >= 0.6 is 22.6 Å². The molecule has 2 atom stereocenters. The Kier molecular flexibility index (Phi) is 8.00. The second-order valence-electron chi connectivity index (χ2n) is 9.05. The van der Waals surface area contributed by atoms with Gasteiger partial charge in [-0.15, -0.1) is 0 Å². The number of benzene rings is 2. The molecule has 1 aromatic heterocycles. The van der Waals surface area contributed by atoms with Gasteiger partial charge >= 0.3 is 0 Å². The monoisotopic (exact) mass is 662 g/mol. The summed E-state index contributed by atoms with van der Waals surface area (Å²) in [6.45, 7) is 3.07. The SMILES string of the molecule is CNS(=O)(=O)Nc1ncc(C2C[C@@H]2C)c(Cc2cc(C(C)=O)c(Nc3ccc(I)cc3F)c(F)c2F)c1F. The molecular weight excluding hydrogens is 639 g/mol. The number of carbonyl (C=O) groups excluding carboxylic acids is 1. The van der Waals surface area contributed by atoms with Crippen LogP contribution in [-0.2, 0) is 16.6 Å². The molecule has 1 aliphatic carbocycles. The number of Topliss-reactive ketones (excluding diaryl/α,β-unsaturated/α-hetero) is 1. The molecule has 0 spiro atoms. The highest BCUT2D eigenvalue weighted by Crippen LogP contribution is 2.49. The van der Waals surface area contributed by atoms with Gasteiger partial charge < -0.3 is 5.32 Å². The average molecular weight is 662 g/mol. The van der Waals surface area contributed by atoms with Crippen LogP contribution in [0.3, 0.4) is 0 Å². The van der Waals surface area contributed by atoms with Gasteiger partial charge in [-0.05, 0) is 83.2 Å². The Bertz CT molecular complexity index is 1550. The molecule has 0 saturated heterocycles. The van der Waals surface area contributed by atoms with Crippen LogP contribution in [0.4, 0.5) is 34.8 Å². The van der Waals surface area contributed by atoms with Crippen molar-refractivity contribution in [2.24, 2.45) is 5.92 Å². The minimum absolute atomic E-state index is 0.0691. The standard InChI is InChI=1S/C25H23F4IN4O3S/c1-11-6-15(11)18-10-32-25(34-38(36,37)31-3)22(28)17(18)8-13-7-16(12(2)35)24(23(29)21(13)27)33-20-5-4-14(30)9-19(20)26/h4-5,7,9-11,15,31,33H,6,8H2,1-3H3,(H,32,34)/t11-,15?/m0/s1. The molecule has 38 heavy (non-hydrogen) atoms. The molecule has 3 aromatic rings. The van der Waals surface area contributed by atoms with Crippen LogP contribution in [0.25, 0.3) is 0 Å². The zero-order chi connectivity index (χ0) is 27.9. The Morgan fingerprint density at radius 1 is 1.13 bits per heavy atom. The first-order valence-corrected chi connectivity index (χ1v) is 14.0. The van der Waals surface area contributed by atoms with Crippen LogP contribution < -0.4 is 14.8 Å². The predicted octanol–water partition coefficient (Wildman–Crippen LogP) is 5.78. The summed E-state index contributed by atoms with van der Waals surface area (Å²) < 4.78 is 89.0. The molecule has 0 bridgehead atoms. The van der Waals surface area contributed by atoms with Crippen LogP contribution in [-0.4, -0.2) is 26.2 Å². The summed E-state index contributed by atoms with van der Waals surface area (Å²) in [7, 11) is -2.98. The number of carbonyl (C=O) groups is 1. The third-order valence-corrected chi connectivity index (χ3v) is 8.05. The number of rotatable bonds is 9. The van der Waals surface area contributed by atoms with E-state index in [4.69, 9.17) is 0 Å². The van der Waals surface area contributed by atoms with Crippen molar-refractivity contribution in [3.8, 4) is 0 Å².